The zero-order valence-corrected chi connectivity index (χ0v) is 14.1. The molecule has 0 spiro atoms. The van der Waals surface area contributed by atoms with Gasteiger partial charge in [0.05, 0.1) is 6.20 Å². The number of hydrogen-bond donors (Lipinski definition) is 2. The van der Waals surface area contributed by atoms with E-state index in [9.17, 15) is 0 Å². The lowest BCUT2D eigenvalue weighted by Gasteiger charge is -2.15. The number of hydrogen-bond acceptors (Lipinski definition) is 5. The van der Waals surface area contributed by atoms with Gasteiger partial charge in [0.2, 0.25) is 5.95 Å². The van der Waals surface area contributed by atoms with E-state index in [4.69, 9.17) is 0 Å². The van der Waals surface area contributed by atoms with Gasteiger partial charge in [-0.25, -0.2) is 0 Å². The topological polar surface area (TPSA) is 62.7 Å². The zero-order valence-electron chi connectivity index (χ0n) is 14.1. The van der Waals surface area contributed by atoms with Crippen molar-refractivity contribution >= 4 is 17.5 Å². The molecule has 24 heavy (non-hydrogen) atoms. The van der Waals surface area contributed by atoms with E-state index >= 15 is 0 Å². The van der Waals surface area contributed by atoms with Crippen molar-refractivity contribution in [3.05, 3.63) is 71.4 Å². The molecule has 0 radical (unpaired) electrons. The molecule has 0 bridgehead atoms. The van der Waals surface area contributed by atoms with E-state index in [1.807, 2.05) is 18.2 Å². The van der Waals surface area contributed by atoms with Crippen LogP contribution in [0.3, 0.4) is 0 Å². The number of anilines is 3. The molecule has 1 atom stereocenters. The summed E-state index contributed by atoms with van der Waals surface area (Å²) in [6.45, 7) is 6.22. The van der Waals surface area contributed by atoms with Gasteiger partial charge in [-0.15, -0.1) is 5.10 Å². The van der Waals surface area contributed by atoms with Gasteiger partial charge in [0.25, 0.3) is 0 Å². The number of rotatable bonds is 5. The minimum absolute atomic E-state index is 0.136. The van der Waals surface area contributed by atoms with Crippen LogP contribution in [0.5, 0.6) is 0 Å². The summed E-state index contributed by atoms with van der Waals surface area (Å²) in [5, 5.41) is 14.7. The smallest absolute Gasteiger partial charge is 0.249 e. The van der Waals surface area contributed by atoms with Crippen molar-refractivity contribution in [2.75, 3.05) is 10.6 Å². The summed E-state index contributed by atoms with van der Waals surface area (Å²) in [6, 6.07) is 16.6. The predicted molar refractivity (Wildman–Crippen MR) is 97.5 cm³/mol. The highest BCUT2D eigenvalue weighted by molar-refractivity contribution is 5.56. The molecule has 3 rings (SSSR count). The molecule has 0 fully saturated rings. The Hall–Kier alpha value is -2.95. The Balaban J connectivity index is 1.74. The zero-order chi connectivity index (χ0) is 16.9. The largest absolute Gasteiger partial charge is 0.362 e. The molecule has 122 valence electrons. The van der Waals surface area contributed by atoms with Crippen LogP contribution < -0.4 is 10.6 Å². The van der Waals surface area contributed by atoms with Crippen molar-refractivity contribution in [3.8, 4) is 0 Å². The second kappa shape index (κ2) is 7.08. The van der Waals surface area contributed by atoms with Gasteiger partial charge < -0.3 is 10.6 Å². The van der Waals surface area contributed by atoms with Crippen molar-refractivity contribution in [1.82, 2.24) is 15.2 Å². The lowest BCUT2D eigenvalue weighted by molar-refractivity contribution is 0.861. The summed E-state index contributed by atoms with van der Waals surface area (Å²) in [4.78, 5) is 4.50. The van der Waals surface area contributed by atoms with Crippen LogP contribution in [-0.4, -0.2) is 15.2 Å². The number of aromatic nitrogens is 3. The molecule has 3 aromatic rings. The van der Waals surface area contributed by atoms with Gasteiger partial charge in [-0.3, -0.25) is 0 Å². The first-order chi connectivity index (χ1) is 11.6. The van der Waals surface area contributed by atoms with Gasteiger partial charge in [-0.2, -0.15) is 10.1 Å². The van der Waals surface area contributed by atoms with Crippen LogP contribution in [0.4, 0.5) is 17.5 Å². The van der Waals surface area contributed by atoms with E-state index in [0.29, 0.717) is 11.8 Å². The third kappa shape index (κ3) is 4.07. The first kappa shape index (κ1) is 15.9. The lowest BCUT2D eigenvalue weighted by atomic mass is 10.1. The predicted octanol–water partition coefficient (Wildman–Crippen LogP) is 4.41. The molecule has 5 heteroatoms. The van der Waals surface area contributed by atoms with E-state index in [1.165, 1.54) is 16.7 Å². The fourth-order valence-corrected chi connectivity index (χ4v) is 2.65. The van der Waals surface area contributed by atoms with E-state index in [2.05, 4.69) is 76.9 Å². The average molecular weight is 319 g/mol. The van der Waals surface area contributed by atoms with Crippen molar-refractivity contribution in [3.63, 3.8) is 0 Å². The normalized spacial score (nSPS) is 11.8. The molecule has 0 aliphatic rings. The molecule has 1 unspecified atom stereocenters. The van der Waals surface area contributed by atoms with Crippen LogP contribution >= 0.6 is 0 Å². The number of nitrogens with zero attached hydrogens (tertiary/aromatic N) is 3. The fraction of sp³-hybridized carbons (Fsp3) is 0.211. The fourth-order valence-electron chi connectivity index (χ4n) is 2.65. The monoisotopic (exact) mass is 319 g/mol. The maximum atomic E-state index is 4.50. The Morgan fingerprint density at radius 1 is 0.958 bits per heavy atom. The van der Waals surface area contributed by atoms with Gasteiger partial charge in [0.1, 0.15) is 0 Å². The molecule has 1 heterocycles. The maximum absolute atomic E-state index is 4.50. The summed E-state index contributed by atoms with van der Waals surface area (Å²) in [7, 11) is 0. The van der Waals surface area contributed by atoms with E-state index in [0.717, 1.165) is 5.69 Å². The van der Waals surface area contributed by atoms with Crippen molar-refractivity contribution in [1.29, 1.82) is 0 Å². The molecule has 0 aliphatic carbocycles. The summed E-state index contributed by atoms with van der Waals surface area (Å²) in [5.74, 6) is 1.17. The Bertz CT molecular complexity index is 797. The van der Waals surface area contributed by atoms with Gasteiger partial charge in [0.15, 0.2) is 5.82 Å². The molecule has 2 N–H and O–H groups in total. The van der Waals surface area contributed by atoms with Gasteiger partial charge in [0, 0.05) is 11.7 Å². The molecule has 2 aromatic carbocycles. The van der Waals surface area contributed by atoms with Crippen molar-refractivity contribution in [2.24, 2.45) is 0 Å². The quantitative estimate of drug-likeness (QED) is 0.729. The molecular weight excluding hydrogens is 298 g/mol. The van der Waals surface area contributed by atoms with E-state index in [1.54, 1.807) is 6.20 Å². The van der Waals surface area contributed by atoms with Crippen LogP contribution in [0.25, 0.3) is 0 Å². The second-order valence-electron chi connectivity index (χ2n) is 5.94. The summed E-state index contributed by atoms with van der Waals surface area (Å²) < 4.78 is 0. The molecule has 0 saturated carbocycles. The third-order valence-corrected chi connectivity index (χ3v) is 3.70. The summed E-state index contributed by atoms with van der Waals surface area (Å²) in [5.41, 5.74) is 4.54. The molecular formula is C19H21N5. The van der Waals surface area contributed by atoms with Gasteiger partial charge in [-0.05, 0) is 49.6 Å². The summed E-state index contributed by atoms with van der Waals surface area (Å²) in [6.07, 6.45) is 1.63. The maximum Gasteiger partial charge on any atom is 0.249 e. The Morgan fingerprint density at radius 2 is 1.67 bits per heavy atom. The number of aryl methyl sites for hydroxylation is 2. The first-order valence-corrected chi connectivity index (χ1v) is 7.97. The third-order valence-electron chi connectivity index (χ3n) is 3.70. The van der Waals surface area contributed by atoms with Crippen molar-refractivity contribution < 1.29 is 0 Å². The Kier molecular flexibility index (Phi) is 4.70. The van der Waals surface area contributed by atoms with Crippen molar-refractivity contribution in [2.45, 2.75) is 26.8 Å². The summed E-state index contributed by atoms with van der Waals surface area (Å²) >= 11 is 0. The van der Waals surface area contributed by atoms with E-state index < -0.39 is 0 Å². The minimum Gasteiger partial charge on any atom is -0.362 e. The van der Waals surface area contributed by atoms with Crippen LogP contribution in [-0.2, 0) is 0 Å². The molecule has 5 nitrogen and oxygen atoms in total. The van der Waals surface area contributed by atoms with Crippen LogP contribution in [0.1, 0.15) is 29.7 Å². The molecule has 0 aliphatic heterocycles. The highest BCUT2D eigenvalue weighted by Gasteiger charge is 2.07. The lowest BCUT2D eigenvalue weighted by Crippen LogP contribution is -2.10. The molecule has 0 saturated heterocycles. The van der Waals surface area contributed by atoms with Crippen LogP contribution in [0.2, 0.25) is 0 Å². The molecule has 0 amide bonds. The first-order valence-electron chi connectivity index (χ1n) is 7.97. The number of benzene rings is 2. The highest BCUT2D eigenvalue weighted by atomic mass is 15.3. The van der Waals surface area contributed by atoms with Crippen LogP contribution in [0, 0.1) is 13.8 Å². The number of nitrogens with one attached hydrogen (secondary N) is 2. The molecule has 1 aromatic heterocycles. The highest BCUT2D eigenvalue weighted by Crippen LogP contribution is 2.20. The van der Waals surface area contributed by atoms with Gasteiger partial charge >= 0.3 is 0 Å². The Labute approximate surface area is 142 Å². The van der Waals surface area contributed by atoms with Gasteiger partial charge in [-0.1, -0.05) is 36.4 Å². The second-order valence-corrected chi connectivity index (χ2v) is 5.94. The SMILES string of the molecule is Cc1cc(C)cc(Nc2nncc(NC(C)c3ccccc3)n2)c1. The minimum atomic E-state index is 0.136. The average Bonchev–Trinajstić information content (AvgIpc) is 2.55. The van der Waals surface area contributed by atoms with Crippen LogP contribution in [0.15, 0.2) is 54.7 Å². The van der Waals surface area contributed by atoms with E-state index in [-0.39, 0.29) is 6.04 Å². The standard InChI is InChI=1S/C19H21N5/c1-13-9-14(2)11-17(10-13)22-19-23-18(12-20-24-19)21-15(3)16-7-5-4-6-8-16/h4-12,15H,1-3H3,(H2,21,22,23,24). The Morgan fingerprint density at radius 3 is 2.38 bits per heavy atom.